The summed E-state index contributed by atoms with van der Waals surface area (Å²) in [6.45, 7) is 4.21. The van der Waals surface area contributed by atoms with Crippen LogP contribution in [-0.2, 0) is 9.59 Å². The summed E-state index contributed by atoms with van der Waals surface area (Å²) in [7, 11) is 0. The van der Waals surface area contributed by atoms with E-state index in [0.717, 1.165) is 36.9 Å². The van der Waals surface area contributed by atoms with E-state index in [1.54, 1.807) is 6.92 Å². The summed E-state index contributed by atoms with van der Waals surface area (Å²) in [4.78, 5) is 24.2. The van der Waals surface area contributed by atoms with Gasteiger partial charge in [0, 0.05) is 23.1 Å². The molecule has 0 unspecified atom stereocenters. The van der Waals surface area contributed by atoms with Gasteiger partial charge in [-0.25, -0.2) is 0 Å². The average Bonchev–Trinajstić information content (AvgIpc) is 2.91. The van der Waals surface area contributed by atoms with Crippen molar-refractivity contribution < 1.29 is 9.59 Å². The highest BCUT2D eigenvalue weighted by Crippen LogP contribution is 2.67. The molecule has 0 amide bonds. The Balaban J connectivity index is 1.69. The smallest absolute Gasteiger partial charge is 0.155 e. The number of carbonyl (C=O) groups excluding carboxylic acids is 2. The van der Waals surface area contributed by atoms with Crippen molar-refractivity contribution in [3.8, 4) is 0 Å². The minimum absolute atomic E-state index is 0.215. The number of rotatable bonds is 2. The van der Waals surface area contributed by atoms with Crippen molar-refractivity contribution in [3.05, 3.63) is 11.6 Å². The number of allylic oxidation sites excluding steroid dienone is 1. The fraction of sp³-hybridized carbons (Fsp3) is 0.810. The van der Waals surface area contributed by atoms with Crippen molar-refractivity contribution in [2.45, 2.75) is 65.2 Å². The third-order valence-corrected chi connectivity index (χ3v) is 9.42. The Morgan fingerprint density at radius 1 is 1.17 bits per heavy atom. The van der Waals surface area contributed by atoms with Gasteiger partial charge in [-0.15, -0.1) is 0 Å². The Hall–Kier alpha value is -0.440. The van der Waals surface area contributed by atoms with Crippen molar-refractivity contribution in [2.75, 3.05) is 5.33 Å². The summed E-state index contributed by atoms with van der Waals surface area (Å²) in [6, 6.07) is 0. The van der Waals surface area contributed by atoms with E-state index in [0.29, 0.717) is 23.4 Å². The molecule has 0 radical (unpaired) electrons. The van der Waals surface area contributed by atoms with Crippen molar-refractivity contribution in [3.63, 3.8) is 0 Å². The van der Waals surface area contributed by atoms with E-state index < -0.39 is 0 Å². The molecule has 0 aliphatic heterocycles. The van der Waals surface area contributed by atoms with E-state index in [4.69, 9.17) is 0 Å². The van der Waals surface area contributed by atoms with E-state index in [-0.39, 0.29) is 16.7 Å². The van der Waals surface area contributed by atoms with Gasteiger partial charge in [-0.3, -0.25) is 9.59 Å². The number of hydrogen-bond acceptors (Lipinski definition) is 2. The molecule has 0 aromatic carbocycles. The largest absolute Gasteiger partial charge is 0.300 e. The van der Waals surface area contributed by atoms with E-state index in [9.17, 15) is 9.59 Å². The van der Waals surface area contributed by atoms with Gasteiger partial charge in [0.15, 0.2) is 5.78 Å². The van der Waals surface area contributed by atoms with Gasteiger partial charge < -0.3 is 0 Å². The molecule has 0 aromatic rings. The molecule has 0 aromatic heterocycles. The number of halogens is 1. The molecule has 0 bridgehead atoms. The number of ketones is 2. The molecule has 0 spiro atoms. The van der Waals surface area contributed by atoms with E-state index in [1.807, 2.05) is 6.08 Å². The van der Waals surface area contributed by atoms with E-state index in [2.05, 4.69) is 22.9 Å². The Morgan fingerprint density at radius 3 is 2.67 bits per heavy atom. The molecule has 4 aliphatic rings. The van der Waals surface area contributed by atoms with Crippen LogP contribution in [0.2, 0.25) is 0 Å². The molecule has 0 heterocycles. The summed E-state index contributed by atoms with van der Waals surface area (Å²) in [6.07, 6.45) is 10.8. The second kappa shape index (κ2) is 5.79. The maximum absolute atomic E-state index is 12.2. The SMILES string of the molecule is CC(=O)[C@H]1CC[C@H]2[C@@H]3CCC4=CC(=O)CC[C@]4(CBr)[C@H]3CC[C@]12C. The quantitative estimate of drug-likeness (QED) is 0.612. The minimum atomic E-state index is 0.215. The maximum Gasteiger partial charge on any atom is 0.155 e. The summed E-state index contributed by atoms with van der Waals surface area (Å²) in [5, 5.41) is 1.000. The van der Waals surface area contributed by atoms with Crippen LogP contribution in [0.5, 0.6) is 0 Å². The fourth-order valence-corrected chi connectivity index (χ4v) is 8.34. The van der Waals surface area contributed by atoms with Crippen molar-refractivity contribution in [1.29, 1.82) is 0 Å². The van der Waals surface area contributed by atoms with Gasteiger partial charge in [0.25, 0.3) is 0 Å². The van der Waals surface area contributed by atoms with Crippen LogP contribution in [0, 0.1) is 34.5 Å². The third-order valence-electron chi connectivity index (χ3n) is 8.42. The summed E-state index contributed by atoms with van der Waals surface area (Å²) in [5.41, 5.74) is 1.88. The van der Waals surface area contributed by atoms with E-state index >= 15 is 0 Å². The average molecular weight is 393 g/mol. The van der Waals surface area contributed by atoms with Crippen molar-refractivity contribution in [1.82, 2.24) is 0 Å². The zero-order valence-electron chi connectivity index (χ0n) is 14.9. The molecule has 4 aliphatic carbocycles. The van der Waals surface area contributed by atoms with Crippen LogP contribution in [0.1, 0.15) is 65.2 Å². The predicted molar refractivity (Wildman–Crippen MR) is 99.0 cm³/mol. The zero-order chi connectivity index (χ0) is 17.1. The van der Waals surface area contributed by atoms with Gasteiger partial charge >= 0.3 is 0 Å². The van der Waals surface area contributed by atoms with Crippen LogP contribution >= 0.6 is 15.9 Å². The predicted octanol–water partition coefficient (Wildman–Crippen LogP) is 5.10. The molecule has 0 saturated heterocycles. The lowest BCUT2D eigenvalue weighted by Gasteiger charge is -2.58. The second-order valence-corrected chi connectivity index (χ2v) is 9.69. The zero-order valence-corrected chi connectivity index (χ0v) is 16.5. The first-order valence-corrected chi connectivity index (χ1v) is 10.8. The Labute approximate surface area is 154 Å². The topological polar surface area (TPSA) is 34.1 Å². The van der Waals surface area contributed by atoms with Crippen LogP contribution in [0.3, 0.4) is 0 Å². The standard InChI is InChI=1S/C21H29BrO2/c1-13(23)17-5-6-18-16-4-3-14-11-15(24)7-10-21(14,12-22)19(16)8-9-20(17,18)2/h11,16-19H,3-10,12H2,1-2H3/t16-,17+,18-,19-,20+,21+/m0/s1. The molecule has 3 heteroatoms. The van der Waals surface area contributed by atoms with Crippen molar-refractivity contribution >= 4 is 27.5 Å². The molecule has 3 fully saturated rings. The number of Topliss-reactive ketones (excluding diaryl/α,β-unsaturated/α-hetero) is 1. The van der Waals surface area contributed by atoms with Gasteiger partial charge in [-0.2, -0.15) is 0 Å². The Kier molecular flexibility index (Phi) is 4.10. The van der Waals surface area contributed by atoms with Crippen LogP contribution in [-0.4, -0.2) is 16.9 Å². The molecular weight excluding hydrogens is 364 g/mol. The van der Waals surface area contributed by atoms with Crippen LogP contribution in [0.25, 0.3) is 0 Å². The third kappa shape index (κ3) is 2.19. The minimum Gasteiger partial charge on any atom is -0.300 e. The monoisotopic (exact) mass is 392 g/mol. The first kappa shape index (κ1) is 17.0. The molecular formula is C21H29BrO2. The number of carbonyl (C=O) groups is 2. The van der Waals surface area contributed by atoms with E-state index in [1.165, 1.54) is 31.3 Å². The molecule has 4 rings (SSSR count). The lowest BCUT2D eigenvalue weighted by atomic mass is 9.46. The van der Waals surface area contributed by atoms with Gasteiger partial charge in [0.1, 0.15) is 5.78 Å². The number of fused-ring (bicyclic) bond motifs is 5. The lowest BCUT2D eigenvalue weighted by Crippen LogP contribution is -2.52. The highest BCUT2D eigenvalue weighted by atomic mass is 79.9. The van der Waals surface area contributed by atoms with Gasteiger partial charge in [-0.1, -0.05) is 28.4 Å². The highest BCUT2D eigenvalue weighted by Gasteiger charge is 2.60. The molecule has 24 heavy (non-hydrogen) atoms. The number of hydrogen-bond donors (Lipinski definition) is 0. The highest BCUT2D eigenvalue weighted by molar-refractivity contribution is 9.09. The molecule has 132 valence electrons. The van der Waals surface area contributed by atoms with Gasteiger partial charge in [-0.05, 0) is 81.1 Å². The first-order valence-electron chi connectivity index (χ1n) is 9.72. The maximum atomic E-state index is 12.2. The Morgan fingerprint density at radius 2 is 1.96 bits per heavy atom. The summed E-state index contributed by atoms with van der Waals surface area (Å²) < 4.78 is 0. The number of alkyl halides is 1. The van der Waals surface area contributed by atoms with Gasteiger partial charge in [0.05, 0.1) is 0 Å². The second-order valence-electron chi connectivity index (χ2n) is 9.13. The van der Waals surface area contributed by atoms with Crippen LogP contribution in [0.15, 0.2) is 11.6 Å². The molecule has 6 atom stereocenters. The van der Waals surface area contributed by atoms with Gasteiger partial charge in [0.2, 0.25) is 0 Å². The first-order chi connectivity index (χ1) is 11.4. The Bertz CT molecular complexity index is 609. The molecule has 2 nitrogen and oxygen atoms in total. The lowest BCUT2D eigenvalue weighted by molar-refractivity contribution is -0.128. The fourth-order valence-electron chi connectivity index (χ4n) is 7.28. The van der Waals surface area contributed by atoms with Crippen LogP contribution in [0.4, 0.5) is 0 Å². The summed E-state index contributed by atoms with van der Waals surface area (Å²) >= 11 is 3.84. The summed E-state index contributed by atoms with van der Waals surface area (Å²) in [5.74, 6) is 3.18. The molecule has 3 saturated carbocycles. The van der Waals surface area contributed by atoms with Crippen LogP contribution < -0.4 is 0 Å². The normalized spacial score (nSPS) is 47.5. The molecule has 0 N–H and O–H groups in total. The van der Waals surface area contributed by atoms with Crippen molar-refractivity contribution in [2.24, 2.45) is 34.5 Å².